The zero-order chi connectivity index (χ0) is 21.8. The first-order chi connectivity index (χ1) is 14.1. The molecular formula is C25H32O4Si. The Kier molecular flexibility index (Phi) is 5.00. The Labute approximate surface area is 179 Å². The first-order valence-electron chi connectivity index (χ1n) is 10.9. The minimum absolute atomic E-state index is 0.0467. The van der Waals surface area contributed by atoms with E-state index in [4.69, 9.17) is 13.6 Å². The molecule has 0 aliphatic heterocycles. The summed E-state index contributed by atoms with van der Waals surface area (Å²) >= 11 is 0. The predicted molar refractivity (Wildman–Crippen MR) is 124 cm³/mol. The molecule has 4 rings (SSSR count). The number of esters is 1. The van der Waals surface area contributed by atoms with Crippen molar-refractivity contribution in [2.24, 2.45) is 0 Å². The van der Waals surface area contributed by atoms with Gasteiger partial charge in [0.15, 0.2) is 11.3 Å². The smallest absolute Gasteiger partial charge is 0.342 e. The van der Waals surface area contributed by atoms with E-state index in [9.17, 15) is 4.79 Å². The van der Waals surface area contributed by atoms with Crippen LogP contribution in [-0.2, 0) is 17.6 Å². The maximum atomic E-state index is 12.6. The summed E-state index contributed by atoms with van der Waals surface area (Å²) in [6, 6.07) is 4.43. The first-order valence-corrected chi connectivity index (χ1v) is 13.8. The molecule has 1 aliphatic carbocycles. The Balaban J connectivity index is 2.09. The fraction of sp³-hybridized carbons (Fsp3) is 0.480. The first kappa shape index (κ1) is 21.0. The Bertz CT molecular complexity index is 1150. The molecule has 160 valence electrons. The second-order valence-electron chi connectivity index (χ2n) is 9.87. The van der Waals surface area contributed by atoms with E-state index in [0.717, 1.165) is 41.3 Å². The van der Waals surface area contributed by atoms with Crippen molar-refractivity contribution in [2.75, 3.05) is 6.61 Å². The van der Waals surface area contributed by atoms with Crippen molar-refractivity contribution in [2.45, 2.75) is 72.0 Å². The van der Waals surface area contributed by atoms with Crippen LogP contribution in [0, 0.1) is 6.92 Å². The topological polar surface area (TPSA) is 48.7 Å². The van der Waals surface area contributed by atoms with Crippen molar-refractivity contribution in [1.29, 1.82) is 0 Å². The van der Waals surface area contributed by atoms with Gasteiger partial charge in [-0.3, -0.25) is 0 Å². The van der Waals surface area contributed by atoms with Crippen LogP contribution >= 0.6 is 0 Å². The maximum absolute atomic E-state index is 12.6. The Morgan fingerprint density at radius 1 is 1.17 bits per heavy atom. The summed E-state index contributed by atoms with van der Waals surface area (Å²) in [7, 11) is -2.14. The molecule has 0 saturated carbocycles. The predicted octanol–water partition coefficient (Wildman–Crippen LogP) is 6.94. The molecule has 0 amide bonds. The standard InChI is InChI=1S/C25H32O4Si/c1-8-27-24(26)19-14-28-22-20(19)15(2)17-13-12-16-10-9-11-18(16)21(17)23(22)29-30(6,7)25(3,4)5/h12-14H,8-11H2,1-7H3. The van der Waals surface area contributed by atoms with E-state index in [2.05, 4.69) is 52.9 Å². The van der Waals surface area contributed by atoms with Crippen molar-refractivity contribution in [3.63, 3.8) is 0 Å². The quantitative estimate of drug-likeness (QED) is 0.336. The fourth-order valence-corrected chi connectivity index (χ4v) is 5.26. The van der Waals surface area contributed by atoms with Crippen LogP contribution in [0.15, 0.2) is 22.8 Å². The van der Waals surface area contributed by atoms with Crippen LogP contribution in [0.4, 0.5) is 0 Å². The number of carbonyl (C=O) groups is 1. The summed E-state index contributed by atoms with van der Waals surface area (Å²) in [4.78, 5) is 12.6. The largest absolute Gasteiger partial charge is 0.541 e. The Morgan fingerprint density at radius 3 is 2.57 bits per heavy atom. The molecule has 0 fully saturated rings. The normalized spacial score (nSPS) is 14.4. The van der Waals surface area contributed by atoms with Gasteiger partial charge in [-0.15, -0.1) is 0 Å². The van der Waals surface area contributed by atoms with Gasteiger partial charge in [0.2, 0.25) is 0 Å². The van der Waals surface area contributed by atoms with Crippen LogP contribution < -0.4 is 4.43 Å². The minimum atomic E-state index is -2.14. The summed E-state index contributed by atoms with van der Waals surface area (Å²) < 4.78 is 18.3. The van der Waals surface area contributed by atoms with Gasteiger partial charge < -0.3 is 13.6 Å². The lowest BCUT2D eigenvalue weighted by Crippen LogP contribution is -2.44. The monoisotopic (exact) mass is 424 g/mol. The SMILES string of the molecule is CCOC(=O)c1coc2c(O[Si](C)(C)C(C)(C)C)c3c4c(ccc3c(C)c12)CCC4. The van der Waals surface area contributed by atoms with Crippen molar-refractivity contribution in [3.05, 3.63) is 40.6 Å². The van der Waals surface area contributed by atoms with Crippen molar-refractivity contribution >= 4 is 36.0 Å². The van der Waals surface area contributed by atoms with E-state index in [1.807, 2.05) is 6.92 Å². The van der Waals surface area contributed by atoms with Crippen LogP contribution in [0.3, 0.4) is 0 Å². The highest BCUT2D eigenvalue weighted by Crippen LogP contribution is 2.47. The van der Waals surface area contributed by atoms with Crippen molar-refractivity contribution in [1.82, 2.24) is 0 Å². The summed E-state index contributed by atoms with van der Waals surface area (Å²) in [5.41, 5.74) is 4.98. The molecule has 0 N–H and O–H groups in total. The summed E-state index contributed by atoms with van der Waals surface area (Å²) in [6.07, 6.45) is 4.86. The van der Waals surface area contributed by atoms with E-state index in [1.54, 1.807) is 0 Å². The van der Waals surface area contributed by atoms with Gasteiger partial charge in [0.1, 0.15) is 11.8 Å². The van der Waals surface area contributed by atoms with Gasteiger partial charge in [0, 0.05) is 10.8 Å². The number of hydrogen-bond acceptors (Lipinski definition) is 4. The van der Waals surface area contributed by atoms with Gasteiger partial charge in [0.25, 0.3) is 8.32 Å². The van der Waals surface area contributed by atoms with Crippen molar-refractivity contribution < 1.29 is 18.4 Å². The lowest BCUT2D eigenvalue weighted by molar-refractivity contribution is 0.0527. The lowest BCUT2D eigenvalue weighted by Gasteiger charge is -2.37. The highest BCUT2D eigenvalue weighted by atomic mass is 28.4. The molecule has 0 radical (unpaired) electrons. The molecule has 0 spiro atoms. The van der Waals surface area contributed by atoms with E-state index in [1.165, 1.54) is 22.8 Å². The molecule has 30 heavy (non-hydrogen) atoms. The minimum Gasteiger partial charge on any atom is -0.541 e. The van der Waals surface area contributed by atoms with Crippen LogP contribution in [0.2, 0.25) is 18.1 Å². The number of furan rings is 1. The summed E-state index contributed by atoms with van der Waals surface area (Å²) in [6.45, 7) is 15.4. The highest BCUT2D eigenvalue weighted by molar-refractivity contribution is 6.75. The van der Waals surface area contributed by atoms with Gasteiger partial charge in [-0.1, -0.05) is 32.9 Å². The molecule has 3 aromatic rings. The third-order valence-electron chi connectivity index (χ3n) is 6.94. The van der Waals surface area contributed by atoms with Crippen molar-refractivity contribution in [3.8, 4) is 5.75 Å². The number of aryl methyl sites for hydroxylation is 3. The molecule has 0 unspecified atom stereocenters. The Hall–Kier alpha value is -2.27. The third-order valence-corrected chi connectivity index (χ3v) is 11.3. The van der Waals surface area contributed by atoms with Crippen LogP contribution in [0.1, 0.15) is 61.2 Å². The molecule has 0 bridgehead atoms. The number of rotatable bonds is 4. The lowest BCUT2D eigenvalue weighted by atomic mass is 9.93. The average molecular weight is 425 g/mol. The number of ether oxygens (including phenoxy) is 1. The van der Waals surface area contributed by atoms with Gasteiger partial charge in [0.05, 0.1) is 6.61 Å². The highest BCUT2D eigenvalue weighted by Gasteiger charge is 2.40. The van der Waals surface area contributed by atoms with Crippen LogP contribution in [0.5, 0.6) is 5.75 Å². The molecule has 5 heteroatoms. The van der Waals surface area contributed by atoms with Gasteiger partial charge in [-0.25, -0.2) is 4.79 Å². The fourth-order valence-electron chi connectivity index (χ4n) is 4.25. The number of fused-ring (bicyclic) bond motifs is 4. The van der Waals surface area contributed by atoms with Crippen LogP contribution in [0.25, 0.3) is 21.7 Å². The van der Waals surface area contributed by atoms with Gasteiger partial charge in [-0.2, -0.15) is 0 Å². The number of benzene rings is 2. The molecule has 0 saturated heterocycles. The molecule has 4 nitrogen and oxygen atoms in total. The van der Waals surface area contributed by atoms with Crippen LogP contribution in [-0.4, -0.2) is 20.9 Å². The molecular weight excluding hydrogens is 392 g/mol. The third kappa shape index (κ3) is 3.14. The number of carbonyl (C=O) groups excluding carboxylic acids is 1. The Morgan fingerprint density at radius 2 is 1.90 bits per heavy atom. The van der Waals surface area contributed by atoms with Gasteiger partial charge >= 0.3 is 5.97 Å². The maximum Gasteiger partial charge on any atom is 0.342 e. The summed E-state index contributed by atoms with van der Waals surface area (Å²) in [5, 5.41) is 3.17. The molecule has 2 aromatic carbocycles. The van der Waals surface area contributed by atoms with E-state index < -0.39 is 8.32 Å². The molecule has 1 aromatic heterocycles. The molecule has 0 atom stereocenters. The van der Waals surface area contributed by atoms with E-state index >= 15 is 0 Å². The zero-order valence-electron chi connectivity index (χ0n) is 19.2. The van der Waals surface area contributed by atoms with E-state index in [0.29, 0.717) is 17.8 Å². The average Bonchev–Trinajstić information content (AvgIpc) is 3.30. The number of hydrogen-bond donors (Lipinski definition) is 0. The second kappa shape index (κ2) is 7.15. The van der Waals surface area contributed by atoms with E-state index in [-0.39, 0.29) is 11.0 Å². The molecule has 1 aliphatic rings. The zero-order valence-corrected chi connectivity index (χ0v) is 20.2. The molecule has 1 heterocycles. The summed E-state index contributed by atoms with van der Waals surface area (Å²) in [5.74, 6) is 0.463. The second-order valence-corrected chi connectivity index (χ2v) is 14.6. The van der Waals surface area contributed by atoms with Gasteiger partial charge in [-0.05, 0) is 73.3 Å².